The van der Waals surface area contributed by atoms with E-state index in [-0.39, 0.29) is 11.6 Å². The summed E-state index contributed by atoms with van der Waals surface area (Å²) in [5.41, 5.74) is 5.95. The number of hydrogen-bond acceptors (Lipinski definition) is 4. The lowest BCUT2D eigenvalue weighted by Crippen LogP contribution is -2.29. The lowest BCUT2D eigenvalue weighted by atomic mass is 10.1. The fourth-order valence-electron chi connectivity index (χ4n) is 2.35. The number of nitrogens with one attached hydrogen (secondary N) is 1. The fourth-order valence-corrected chi connectivity index (χ4v) is 2.35. The summed E-state index contributed by atoms with van der Waals surface area (Å²) in [6.07, 6.45) is 2.28. The first kappa shape index (κ1) is 10.8. The third-order valence-electron chi connectivity index (χ3n) is 3.70. The van der Waals surface area contributed by atoms with E-state index in [0.29, 0.717) is 11.8 Å². The van der Waals surface area contributed by atoms with Gasteiger partial charge in [0.2, 0.25) is 0 Å². The number of H-pyrrole nitrogens is 1. The smallest absolute Gasteiger partial charge is 0.252 e. The highest BCUT2D eigenvalue weighted by atomic mass is 16.1. The van der Waals surface area contributed by atoms with Crippen molar-refractivity contribution in [3.63, 3.8) is 0 Å². The summed E-state index contributed by atoms with van der Waals surface area (Å²) in [6, 6.07) is 1.76. The maximum atomic E-state index is 11.6. The van der Waals surface area contributed by atoms with Crippen molar-refractivity contribution in [3.05, 3.63) is 22.2 Å². The molecule has 1 saturated heterocycles. The Kier molecular flexibility index (Phi) is 2.43. The molecule has 1 aromatic heterocycles. The van der Waals surface area contributed by atoms with Gasteiger partial charge in [-0.3, -0.25) is 4.79 Å². The summed E-state index contributed by atoms with van der Waals surface area (Å²) in [4.78, 5) is 21.1. The predicted octanol–water partition coefficient (Wildman–Crippen LogP) is 0.431. The molecule has 2 unspecified atom stereocenters. The Morgan fingerprint density at radius 1 is 1.47 bits per heavy atom. The van der Waals surface area contributed by atoms with Crippen LogP contribution in [0.5, 0.6) is 0 Å². The van der Waals surface area contributed by atoms with Gasteiger partial charge in [0.15, 0.2) is 0 Å². The molecule has 1 aliphatic carbocycles. The molecule has 3 N–H and O–H groups in total. The maximum Gasteiger partial charge on any atom is 0.252 e. The number of aromatic amines is 1. The number of aromatic nitrogens is 2. The van der Waals surface area contributed by atoms with E-state index in [2.05, 4.69) is 21.8 Å². The second-order valence-corrected chi connectivity index (χ2v) is 5.31. The molecule has 92 valence electrons. The molecule has 0 spiro atoms. The Balaban J connectivity index is 1.89. The Labute approximate surface area is 100 Å². The minimum absolute atomic E-state index is 0.0509. The summed E-state index contributed by atoms with van der Waals surface area (Å²) in [5.74, 6) is 2.56. The molecular weight excluding hydrogens is 216 g/mol. The Bertz CT molecular complexity index is 470. The van der Waals surface area contributed by atoms with Gasteiger partial charge in [0.1, 0.15) is 11.6 Å². The Morgan fingerprint density at radius 3 is 2.82 bits per heavy atom. The van der Waals surface area contributed by atoms with E-state index in [9.17, 15) is 4.79 Å². The highest BCUT2D eigenvalue weighted by Crippen LogP contribution is 2.38. The topological polar surface area (TPSA) is 75.0 Å². The monoisotopic (exact) mass is 234 g/mol. The van der Waals surface area contributed by atoms with Crippen molar-refractivity contribution in [3.8, 4) is 0 Å². The van der Waals surface area contributed by atoms with E-state index in [0.717, 1.165) is 37.6 Å². The molecule has 5 nitrogen and oxygen atoms in total. The molecule has 0 aromatic carbocycles. The van der Waals surface area contributed by atoms with Gasteiger partial charge in [0, 0.05) is 31.1 Å². The SMILES string of the molecule is CC1CN(c2cc(=O)[nH]c(C3CC3)n2)CC1N. The lowest BCUT2D eigenvalue weighted by Gasteiger charge is -2.17. The van der Waals surface area contributed by atoms with Crippen molar-refractivity contribution < 1.29 is 0 Å². The van der Waals surface area contributed by atoms with Crippen molar-refractivity contribution in [1.29, 1.82) is 0 Å². The van der Waals surface area contributed by atoms with Gasteiger partial charge < -0.3 is 15.6 Å². The summed E-state index contributed by atoms with van der Waals surface area (Å²) >= 11 is 0. The number of rotatable bonds is 2. The van der Waals surface area contributed by atoms with Crippen LogP contribution in [0.2, 0.25) is 0 Å². The van der Waals surface area contributed by atoms with Gasteiger partial charge in [-0.15, -0.1) is 0 Å². The number of nitrogens with zero attached hydrogens (tertiary/aromatic N) is 2. The van der Waals surface area contributed by atoms with Gasteiger partial charge in [-0.2, -0.15) is 0 Å². The number of hydrogen-bond donors (Lipinski definition) is 2. The second-order valence-electron chi connectivity index (χ2n) is 5.31. The first-order valence-corrected chi connectivity index (χ1v) is 6.25. The first-order valence-electron chi connectivity index (χ1n) is 6.25. The summed E-state index contributed by atoms with van der Waals surface area (Å²) < 4.78 is 0. The van der Waals surface area contributed by atoms with Crippen LogP contribution in [0.25, 0.3) is 0 Å². The molecule has 1 saturated carbocycles. The standard InChI is InChI=1S/C12H18N4O/c1-7-5-16(6-9(7)13)10-4-11(17)15-12(14-10)8-2-3-8/h4,7-9H,2-3,5-6,13H2,1H3,(H,14,15,17). The van der Waals surface area contributed by atoms with E-state index in [1.807, 2.05) is 0 Å². The summed E-state index contributed by atoms with van der Waals surface area (Å²) in [6.45, 7) is 3.82. The number of anilines is 1. The molecule has 2 fully saturated rings. The highest BCUT2D eigenvalue weighted by Gasteiger charge is 2.30. The van der Waals surface area contributed by atoms with Crippen molar-refractivity contribution in [2.24, 2.45) is 11.7 Å². The molecule has 3 rings (SSSR count). The maximum absolute atomic E-state index is 11.6. The van der Waals surface area contributed by atoms with E-state index < -0.39 is 0 Å². The van der Waals surface area contributed by atoms with Gasteiger partial charge in [0.25, 0.3) is 5.56 Å². The van der Waals surface area contributed by atoms with Crippen LogP contribution in [0.1, 0.15) is 31.5 Å². The van der Waals surface area contributed by atoms with Crippen LogP contribution in [0.3, 0.4) is 0 Å². The molecule has 5 heteroatoms. The van der Waals surface area contributed by atoms with E-state index in [4.69, 9.17) is 5.73 Å². The van der Waals surface area contributed by atoms with E-state index >= 15 is 0 Å². The minimum atomic E-state index is -0.0509. The largest absolute Gasteiger partial charge is 0.354 e. The van der Waals surface area contributed by atoms with E-state index in [1.54, 1.807) is 6.07 Å². The molecule has 2 atom stereocenters. The molecular formula is C12H18N4O. The molecule has 0 amide bonds. The van der Waals surface area contributed by atoms with Crippen LogP contribution in [0.15, 0.2) is 10.9 Å². The molecule has 1 aromatic rings. The van der Waals surface area contributed by atoms with Crippen LogP contribution in [-0.2, 0) is 0 Å². The average Bonchev–Trinajstić information content (AvgIpc) is 3.06. The molecule has 1 aliphatic heterocycles. The minimum Gasteiger partial charge on any atom is -0.354 e. The van der Waals surface area contributed by atoms with E-state index in [1.165, 1.54) is 0 Å². The molecule has 0 radical (unpaired) electrons. The van der Waals surface area contributed by atoms with Gasteiger partial charge in [-0.05, 0) is 18.8 Å². The molecule has 2 aliphatic rings. The summed E-state index contributed by atoms with van der Waals surface area (Å²) in [7, 11) is 0. The Hall–Kier alpha value is -1.36. The van der Waals surface area contributed by atoms with Gasteiger partial charge in [0.05, 0.1) is 0 Å². The number of nitrogens with two attached hydrogens (primary N) is 1. The quantitative estimate of drug-likeness (QED) is 0.778. The van der Waals surface area contributed by atoms with Crippen molar-refractivity contribution in [1.82, 2.24) is 9.97 Å². The zero-order valence-electron chi connectivity index (χ0n) is 10.0. The van der Waals surface area contributed by atoms with Crippen LogP contribution in [0, 0.1) is 5.92 Å². The van der Waals surface area contributed by atoms with Crippen LogP contribution in [-0.4, -0.2) is 29.1 Å². The highest BCUT2D eigenvalue weighted by molar-refractivity contribution is 5.40. The second kappa shape index (κ2) is 3.84. The third-order valence-corrected chi connectivity index (χ3v) is 3.70. The molecule has 17 heavy (non-hydrogen) atoms. The van der Waals surface area contributed by atoms with Gasteiger partial charge in [-0.1, -0.05) is 6.92 Å². The van der Waals surface area contributed by atoms with Crippen molar-refractivity contribution in [2.45, 2.75) is 31.7 Å². The zero-order chi connectivity index (χ0) is 12.0. The zero-order valence-corrected chi connectivity index (χ0v) is 10.0. The van der Waals surface area contributed by atoms with Gasteiger partial charge in [-0.25, -0.2) is 4.98 Å². The Morgan fingerprint density at radius 2 is 2.24 bits per heavy atom. The molecule has 0 bridgehead atoms. The predicted molar refractivity (Wildman–Crippen MR) is 66.2 cm³/mol. The average molecular weight is 234 g/mol. The molecule has 2 heterocycles. The lowest BCUT2D eigenvalue weighted by molar-refractivity contribution is 0.566. The van der Waals surface area contributed by atoms with Crippen molar-refractivity contribution >= 4 is 5.82 Å². The first-order chi connectivity index (χ1) is 8.13. The van der Waals surface area contributed by atoms with Crippen molar-refractivity contribution in [2.75, 3.05) is 18.0 Å². The van der Waals surface area contributed by atoms with Crippen LogP contribution in [0.4, 0.5) is 5.82 Å². The van der Waals surface area contributed by atoms with Crippen LogP contribution >= 0.6 is 0 Å². The normalized spacial score (nSPS) is 28.7. The third kappa shape index (κ3) is 2.07. The van der Waals surface area contributed by atoms with Gasteiger partial charge >= 0.3 is 0 Å². The van der Waals surface area contributed by atoms with Crippen LogP contribution < -0.4 is 16.2 Å². The fraction of sp³-hybridized carbons (Fsp3) is 0.667. The summed E-state index contributed by atoms with van der Waals surface area (Å²) in [5, 5.41) is 0.